The summed E-state index contributed by atoms with van der Waals surface area (Å²) >= 11 is 0. The van der Waals surface area contributed by atoms with Crippen molar-refractivity contribution in [3.8, 4) is 0 Å². The number of rotatable bonds is 3. The fourth-order valence-electron chi connectivity index (χ4n) is 2.86. The second kappa shape index (κ2) is 5.54. The van der Waals surface area contributed by atoms with Gasteiger partial charge in [-0.05, 0) is 62.6 Å². The van der Waals surface area contributed by atoms with Crippen molar-refractivity contribution in [2.75, 3.05) is 7.05 Å². The zero-order valence-corrected chi connectivity index (χ0v) is 12.4. The SMILES string of the molecule is CNC(c1cncc(C)c1)c1c(C)cc(C)cc1C. The van der Waals surface area contributed by atoms with Gasteiger partial charge in [0.15, 0.2) is 0 Å². The highest BCUT2D eigenvalue weighted by atomic mass is 14.9. The molecule has 0 spiro atoms. The van der Waals surface area contributed by atoms with Crippen LogP contribution in [0.1, 0.15) is 39.4 Å². The summed E-state index contributed by atoms with van der Waals surface area (Å²) in [6.07, 6.45) is 3.85. The second-order valence-corrected chi connectivity index (χ2v) is 5.33. The predicted molar refractivity (Wildman–Crippen MR) is 80.5 cm³/mol. The monoisotopic (exact) mass is 254 g/mol. The molecule has 0 aliphatic rings. The molecular formula is C17H22N2. The molecule has 0 bridgehead atoms. The molecular weight excluding hydrogens is 232 g/mol. The molecule has 0 aliphatic heterocycles. The highest BCUT2D eigenvalue weighted by molar-refractivity contribution is 5.44. The first kappa shape index (κ1) is 13.8. The molecule has 0 fully saturated rings. The van der Waals surface area contributed by atoms with E-state index in [0.29, 0.717) is 0 Å². The molecule has 0 amide bonds. The number of aryl methyl sites for hydroxylation is 4. The van der Waals surface area contributed by atoms with Gasteiger partial charge >= 0.3 is 0 Å². The van der Waals surface area contributed by atoms with Crippen LogP contribution in [-0.2, 0) is 0 Å². The Balaban J connectivity index is 2.54. The number of benzene rings is 1. The van der Waals surface area contributed by atoms with E-state index < -0.39 is 0 Å². The van der Waals surface area contributed by atoms with E-state index in [2.05, 4.69) is 56.2 Å². The third-order valence-electron chi connectivity index (χ3n) is 3.54. The topological polar surface area (TPSA) is 24.9 Å². The molecule has 0 saturated carbocycles. The Kier molecular flexibility index (Phi) is 4.01. The molecule has 2 aromatic rings. The van der Waals surface area contributed by atoms with Crippen LogP contribution in [0.5, 0.6) is 0 Å². The van der Waals surface area contributed by atoms with Crippen LogP contribution in [0.2, 0.25) is 0 Å². The fraction of sp³-hybridized carbons (Fsp3) is 0.353. The van der Waals surface area contributed by atoms with E-state index in [9.17, 15) is 0 Å². The fourth-order valence-corrected chi connectivity index (χ4v) is 2.86. The Bertz CT molecular complexity index is 565. The first-order valence-corrected chi connectivity index (χ1v) is 6.69. The van der Waals surface area contributed by atoms with E-state index in [1.807, 2.05) is 19.4 Å². The summed E-state index contributed by atoms with van der Waals surface area (Å²) in [5.41, 5.74) is 7.76. The minimum absolute atomic E-state index is 0.202. The van der Waals surface area contributed by atoms with Gasteiger partial charge in [-0.25, -0.2) is 0 Å². The Morgan fingerprint density at radius 3 is 2.05 bits per heavy atom. The van der Waals surface area contributed by atoms with Crippen molar-refractivity contribution in [1.82, 2.24) is 10.3 Å². The molecule has 1 aromatic carbocycles. The number of hydrogen-bond acceptors (Lipinski definition) is 2. The van der Waals surface area contributed by atoms with Crippen molar-refractivity contribution in [2.45, 2.75) is 33.7 Å². The molecule has 1 N–H and O–H groups in total. The normalized spacial score (nSPS) is 12.5. The summed E-state index contributed by atoms with van der Waals surface area (Å²) in [4.78, 5) is 4.32. The summed E-state index contributed by atoms with van der Waals surface area (Å²) in [7, 11) is 2.01. The van der Waals surface area contributed by atoms with Crippen LogP contribution in [0.4, 0.5) is 0 Å². The number of nitrogens with one attached hydrogen (secondary N) is 1. The lowest BCUT2D eigenvalue weighted by atomic mass is 9.90. The number of pyridine rings is 1. The molecule has 1 heterocycles. The minimum atomic E-state index is 0.202. The first-order chi connectivity index (χ1) is 9.02. The van der Waals surface area contributed by atoms with E-state index in [1.165, 1.54) is 33.4 Å². The zero-order valence-electron chi connectivity index (χ0n) is 12.4. The van der Waals surface area contributed by atoms with Gasteiger partial charge in [-0.3, -0.25) is 4.98 Å². The van der Waals surface area contributed by atoms with Gasteiger partial charge < -0.3 is 5.32 Å². The number of hydrogen-bond donors (Lipinski definition) is 1. The molecule has 2 heteroatoms. The lowest BCUT2D eigenvalue weighted by Crippen LogP contribution is -2.20. The second-order valence-electron chi connectivity index (χ2n) is 5.33. The summed E-state index contributed by atoms with van der Waals surface area (Å²) in [5.74, 6) is 0. The zero-order chi connectivity index (χ0) is 14.0. The van der Waals surface area contributed by atoms with Gasteiger partial charge in [0.1, 0.15) is 0 Å². The van der Waals surface area contributed by atoms with Crippen LogP contribution in [0.3, 0.4) is 0 Å². The van der Waals surface area contributed by atoms with Crippen molar-refractivity contribution < 1.29 is 0 Å². The van der Waals surface area contributed by atoms with Crippen LogP contribution < -0.4 is 5.32 Å². The van der Waals surface area contributed by atoms with Crippen LogP contribution in [0, 0.1) is 27.7 Å². The van der Waals surface area contributed by atoms with Crippen molar-refractivity contribution in [1.29, 1.82) is 0 Å². The molecule has 19 heavy (non-hydrogen) atoms. The lowest BCUT2D eigenvalue weighted by molar-refractivity contribution is 0.679. The van der Waals surface area contributed by atoms with E-state index >= 15 is 0 Å². The third kappa shape index (κ3) is 2.85. The number of aromatic nitrogens is 1. The molecule has 1 atom stereocenters. The van der Waals surface area contributed by atoms with Crippen LogP contribution in [0.25, 0.3) is 0 Å². The highest BCUT2D eigenvalue weighted by Crippen LogP contribution is 2.28. The van der Waals surface area contributed by atoms with Gasteiger partial charge in [-0.15, -0.1) is 0 Å². The summed E-state index contributed by atoms with van der Waals surface area (Å²) < 4.78 is 0. The van der Waals surface area contributed by atoms with Gasteiger partial charge in [0.05, 0.1) is 6.04 Å². The van der Waals surface area contributed by atoms with Crippen LogP contribution in [-0.4, -0.2) is 12.0 Å². The maximum atomic E-state index is 4.32. The van der Waals surface area contributed by atoms with Gasteiger partial charge in [0.25, 0.3) is 0 Å². The van der Waals surface area contributed by atoms with Gasteiger partial charge in [0, 0.05) is 12.4 Å². The molecule has 1 aromatic heterocycles. The summed E-state index contributed by atoms with van der Waals surface area (Å²) in [6.45, 7) is 8.59. The van der Waals surface area contributed by atoms with E-state index in [1.54, 1.807) is 0 Å². The molecule has 1 unspecified atom stereocenters. The molecule has 2 rings (SSSR count). The lowest BCUT2D eigenvalue weighted by Gasteiger charge is -2.22. The van der Waals surface area contributed by atoms with E-state index in [4.69, 9.17) is 0 Å². The quantitative estimate of drug-likeness (QED) is 0.905. The maximum absolute atomic E-state index is 4.32. The van der Waals surface area contributed by atoms with E-state index in [0.717, 1.165) is 0 Å². The predicted octanol–water partition coefficient (Wildman–Crippen LogP) is 3.62. The molecule has 0 radical (unpaired) electrons. The smallest absolute Gasteiger partial charge is 0.0594 e. The van der Waals surface area contributed by atoms with Crippen molar-refractivity contribution in [2.24, 2.45) is 0 Å². The third-order valence-corrected chi connectivity index (χ3v) is 3.54. The van der Waals surface area contributed by atoms with Crippen molar-refractivity contribution >= 4 is 0 Å². The molecule has 0 saturated heterocycles. The Morgan fingerprint density at radius 2 is 1.53 bits per heavy atom. The Hall–Kier alpha value is -1.67. The van der Waals surface area contributed by atoms with Crippen molar-refractivity contribution in [3.63, 3.8) is 0 Å². The van der Waals surface area contributed by atoms with Gasteiger partial charge in [-0.2, -0.15) is 0 Å². The highest BCUT2D eigenvalue weighted by Gasteiger charge is 2.17. The van der Waals surface area contributed by atoms with Gasteiger partial charge in [0.2, 0.25) is 0 Å². The largest absolute Gasteiger partial charge is 0.309 e. The maximum Gasteiger partial charge on any atom is 0.0594 e. The molecule has 2 nitrogen and oxygen atoms in total. The Labute approximate surface area is 115 Å². The first-order valence-electron chi connectivity index (χ1n) is 6.69. The molecule has 100 valence electrons. The Morgan fingerprint density at radius 1 is 0.895 bits per heavy atom. The van der Waals surface area contributed by atoms with Crippen LogP contribution >= 0.6 is 0 Å². The van der Waals surface area contributed by atoms with Crippen LogP contribution in [0.15, 0.2) is 30.6 Å². The average molecular weight is 254 g/mol. The van der Waals surface area contributed by atoms with Gasteiger partial charge in [-0.1, -0.05) is 23.8 Å². The number of nitrogens with zero attached hydrogens (tertiary/aromatic N) is 1. The standard InChI is InChI=1S/C17H22N2/c1-11-6-13(3)16(14(4)7-11)17(18-5)15-8-12(2)9-19-10-15/h6-10,17-18H,1-5H3. The summed E-state index contributed by atoms with van der Waals surface area (Å²) in [6, 6.07) is 6.90. The summed E-state index contributed by atoms with van der Waals surface area (Å²) in [5, 5.41) is 3.42. The van der Waals surface area contributed by atoms with E-state index in [-0.39, 0.29) is 6.04 Å². The van der Waals surface area contributed by atoms with Crippen molar-refractivity contribution in [3.05, 3.63) is 64.0 Å². The minimum Gasteiger partial charge on any atom is -0.309 e. The average Bonchev–Trinajstić information content (AvgIpc) is 2.33. The molecule has 0 aliphatic carbocycles.